The molecule has 2 atom stereocenters. The fourth-order valence-corrected chi connectivity index (χ4v) is 8.36. The van der Waals surface area contributed by atoms with Crippen molar-refractivity contribution >= 4 is 26.5 Å². The normalized spacial score (nSPS) is 24.9. The summed E-state index contributed by atoms with van der Waals surface area (Å²) >= 11 is 0. The summed E-state index contributed by atoms with van der Waals surface area (Å²) < 4.78 is 6.00. The van der Waals surface area contributed by atoms with Crippen LogP contribution < -0.4 is 10.4 Å². The fraction of sp³-hybridized carbons (Fsp3) is 0.500. The van der Waals surface area contributed by atoms with Crippen molar-refractivity contribution in [3.8, 4) is 0 Å². The molecule has 0 saturated carbocycles. The van der Waals surface area contributed by atoms with Gasteiger partial charge in [0.2, 0.25) is 0 Å². The lowest BCUT2D eigenvalue weighted by Crippen LogP contribution is -2.56. The quantitative estimate of drug-likeness (QED) is 0.598. The van der Waals surface area contributed by atoms with Gasteiger partial charge in [-0.2, -0.15) is 0 Å². The van der Waals surface area contributed by atoms with E-state index in [4.69, 9.17) is 4.74 Å². The first-order chi connectivity index (χ1) is 8.68. The van der Waals surface area contributed by atoms with Gasteiger partial charge >= 0.3 is 0 Å². The van der Waals surface area contributed by atoms with Gasteiger partial charge in [-0.25, -0.2) is 0 Å². The Bertz CT molecular complexity index is 512. The number of hydrogen-bond donors (Lipinski definition) is 0. The second-order valence-electron chi connectivity index (χ2n) is 7.89. The maximum Gasteiger partial charge on any atom is 0.102 e. The zero-order valence-electron chi connectivity index (χ0n) is 12.9. The average molecular weight is 289 g/mol. The molecular formula is C16H24OSi2. The minimum absolute atomic E-state index is 0.228. The zero-order chi connectivity index (χ0) is 14.0. The highest BCUT2D eigenvalue weighted by Crippen LogP contribution is 2.45. The van der Waals surface area contributed by atoms with E-state index in [0.717, 1.165) is 0 Å². The van der Waals surface area contributed by atoms with Gasteiger partial charge in [0.1, 0.15) is 12.2 Å². The summed E-state index contributed by atoms with van der Waals surface area (Å²) in [6, 6.07) is 4.98. The zero-order valence-corrected chi connectivity index (χ0v) is 14.9. The van der Waals surface area contributed by atoms with E-state index < -0.39 is 16.1 Å². The third kappa shape index (κ3) is 2.08. The van der Waals surface area contributed by atoms with Crippen LogP contribution in [0.1, 0.15) is 23.3 Å². The minimum atomic E-state index is -1.30. The lowest BCUT2D eigenvalue weighted by atomic mass is 9.97. The smallest absolute Gasteiger partial charge is 0.102 e. The lowest BCUT2D eigenvalue weighted by molar-refractivity contribution is 0.0879. The van der Waals surface area contributed by atoms with Crippen LogP contribution in [0.2, 0.25) is 39.3 Å². The van der Waals surface area contributed by atoms with Crippen LogP contribution in [0, 0.1) is 0 Å². The van der Waals surface area contributed by atoms with E-state index in [-0.39, 0.29) is 12.2 Å². The van der Waals surface area contributed by atoms with Crippen LogP contribution in [0.4, 0.5) is 0 Å². The molecule has 0 spiro atoms. The Morgan fingerprint density at radius 3 is 1.42 bits per heavy atom. The molecule has 0 amide bonds. The summed E-state index contributed by atoms with van der Waals surface area (Å²) in [5.74, 6) is 0. The minimum Gasteiger partial charge on any atom is -0.357 e. The van der Waals surface area contributed by atoms with Gasteiger partial charge in [0.25, 0.3) is 0 Å². The summed E-state index contributed by atoms with van der Waals surface area (Å²) in [4.78, 5) is 0. The molecule has 3 heteroatoms. The SMILES string of the molecule is C[Si](C)(C)c1cc2c(cc1[Si](C)(C)C)C1C=CC2O1. The van der Waals surface area contributed by atoms with E-state index in [1.54, 1.807) is 10.4 Å². The molecule has 2 heterocycles. The van der Waals surface area contributed by atoms with E-state index in [0.29, 0.717) is 0 Å². The van der Waals surface area contributed by atoms with Gasteiger partial charge in [0.05, 0.1) is 16.1 Å². The van der Waals surface area contributed by atoms with Gasteiger partial charge in [-0.3, -0.25) is 0 Å². The number of ether oxygens (including phenoxy) is 1. The van der Waals surface area contributed by atoms with Gasteiger partial charge in [-0.05, 0) is 11.1 Å². The highest BCUT2D eigenvalue weighted by Gasteiger charge is 2.37. The first-order valence-electron chi connectivity index (χ1n) is 7.20. The summed E-state index contributed by atoms with van der Waals surface area (Å²) in [7, 11) is -2.61. The predicted octanol–water partition coefficient (Wildman–Crippen LogP) is 3.46. The van der Waals surface area contributed by atoms with Crippen molar-refractivity contribution in [1.82, 2.24) is 0 Å². The molecule has 0 fully saturated rings. The van der Waals surface area contributed by atoms with Crippen LogP contribution in [0.25, 0.3) is 0 Å². The molecule has 2 aliphatic rings. The van der Waals surface area contributed by atoms with Crippen LogP contribution in [0.5, 0.6) is 0 Å². The van der Waals surface area contributed by atoms with E-state index in [9.17, 15) is 0 Å². The topological polar surface area (TPSA) is 9.23 Å². The summed E-state index contributed by atoms with van der Waals surface area (Å²) in [5.41, 5.74) is 2.87. The molecule has 102 valence electrons. The standard InChI is InChI=1S/C16H24OSi2/c1-18(2,3)15-9-11-12(10-16(15)19(4,5)6)14-8-7-13(11)17-14/h7-10,13-14H,1-6H3. The van der Waals surface area contributed by atoms with E-state index in [1.165, 1.54) is 11.1 Å². The molecule has 2 unspecified atom stereocenters. The number of hydrogen-bond acceptors (Lipinski definition) is 1. The molecule has 0 N–H and O–H groups in total. The summed E-state index contributed by atoms with van der Waals surface area (Å²) in [6.45, 7) is 14.8. The van der Waals surface area contributed by atoms with Gasteiger partial charge in [0.15, 0.2) is 0 Å². The first kappa shape index (κ1) is 13.3. The van der Waals surface area contributed by atoms with Crippen LogP contribution in [0.15, 0.2) is 24.3 Å². The third-order valence-corrected chi connectivity index (χ3v) is 8.52. The van der Waals surface area contributed by atoms with E-state index in [1.807, 2.05) is 0 Å². The van der Waals surface area contributed by atoms with Crippen molar-refractivity contribution in [1.29, 1.82) is 0 Å². The Labute approximate surface area is 118 Å². The Morgan fingerprint density at radius 1 is 0.737 bits per heavy atom. The van der Waals surface area contributed by atoms with Gasteiger partial charge < -0.3 is 4.74 Å². The molecule has 1 nitrogen and oxygen atoms in total. The van der Waals surface area contributed by atoms with Gasteiger partial charge in [-0.1, -0.05) is 73.9 Å². The van der Waals surface area contributed by atoms with Crippen LogP contribution >= 0.6 is 0 Å². The van der Waals surface area contributed by atoms with Gasteiger partial charge in [0, 0.05) is 0 Å². The fourth-order valence-electron chi connectivity index (χ4n) is 3.17. The predicted molar refractivity (Wildman–Crippen MR) is 88.1 cm³/mol. The highest BCUT2D eigenvalue weighted by molar-refractivity contribution is 6.98. The second kappa shape index (κ2) is 3.93. The summed E-state index contributed by atoms with van der Waals surface area (Å²) in [6.07, 6.45) is 4.89. The molecule has 2 aliphatic heterocycles. The molecule has 0 aliphatic carbocycles. The highest BCUT2D eigenvalue weighted by atomic mass is 28.3. The monoisotopic (exact) mass is 288 g/mol. The van der Waals surface area contributed by atoms with Crippen molar-refractivity contribution in [3.63, 3.8) is 0 Å². The first-order valence-corrected chi connectivity index (χ1v) is 14.2. The Kier molecular flexibility index (Phi) is 2.76. The number of benzene rings is 1. The van der Waals surface area contributed by atoms with Crippen LogP contribution in [-0.4, -0.2) is 16.1 Å². The molecule has 0 aromatic heterocycles. The van der Waals surface area contributed by atoms with Crippen molar-refractivity contribution in [2.75, 3.05) is 0 Å². The van der Waals surface area contributed by atoms with E-state index >= 15 is 0 Å². The number of rotatable bonds is 2. The lowest BCUT2D eigenvalue weighted by Gasteiger charge is -2.29. The molecule has 3 rings (SSSR count). The molecule has 1 aromatic carbocycles. The molecule has 2 bridgehead atoms. The van der Waals surface area contributed by atoms with Crippen molar-refractivity contribution in [2.45, 2.75) is 51.5 Å². The molecule has 19 heavy (non-hydrogen) atoms. The summed E-state index contributed by atoms with van der Waals surface area (Å²) in [5, 5.41) is 3.32. The average Bonchev–Trinajstić information content (AvgIpc) is 2.85. The second-order valence-corrected chi connectivity index (χ2v) is 18.0. The molecule has 0 saturated heterocycles. The molecule has 0 radical (unpaired) electrons. The van der Waals surface area contributed by atoms with Crippen LogP contribution in [-0.2, 0) is 4.74 Å². The Morgan fingerprint density at radius 2 is 1.11 bits per heavy atom. The third-order valence-electron chi connectivity index (χ3n) is 4.21. The van der Waals surface area contributed by atoms with Crippen molar-refractivity contribution in [2.24, 2.45) is 0 Å². The Balaban J connectivity index is 2.23. The Hall–Kier alpha value is -0.646. The van der Waals surface area contributed by atoms with Gasteiger partial charge in [-0.15, -0.1) is 0 Å². The van der Waals surface area contributed by atoms with Crippen molar-refractivity contribution in [3.05, 3.63) is 35.4 Å². The maximum absolute atomic E-state index is 6.00. The van der Waals surface area contributed by atoms with Crippen LogP contribution in [0.3, 0.4) is 0 Å². The largest absolute Gasteiger partial charge is 0.357 e. The molecule has 1 aromatic rings. The maximum atomic E-state index is 6.00. The van der Waals surface area contributed by atoms with E-state index in [2.05, 4.69) is 63.6 Å². The number of fused-ring (bicyclic) bond motifs is 5. The molecular weight excluding hydrogens is 264 g/mol. The van der Waals surface area contributed by atoms with Crippen molar-refractivity contribution < 1.29 is 4.74 Å².